The van der Waals surface area contributed by atoms with Crippen molar-refractivity contribution in [1.82, 2.24) is 5.32 Å². The number of ether oxygens (including phenoxy) is 2. The molecule has 3 aliphatic rings. The van der Waals surface area contributed by atoms with Crippen LogP contribution in [0, 0.1) is 13.8 Å². The second-order valence-electron chi connectivity index (χ2n) is 9.71. The number of carbonyl (C=O) groups excluding carboxylic acids is 2. The number of rotatable bonds is 5. The highest BCUT2D eigenvalue weighted by atomic mass is 35.5. The van der Waals surface area contributed by atoms with Crippen molar-refractivity contribution in [3.05, 3.63) is 80.1 Å². The predicted molar refractivity (Wildman–Crippen MR) is 136 cm³/mol. The van der Waals surface area contributed by atoms with Gasteiger partial charge in [-0.2, -0.15) is 0 Å². The first-order valence-electron chi connectivity index (χ1n) is 12.2. The van der Waals surface area contributed by atoms with E-state index in [1.165, 1.54) is 11.1 Å². The van der Waals surface area contributed by atoms with Crippen molar-refractivity contribution in [1.29, 1.82) is 0 Å². The van der Waals surface area contributed by atoms with E-state index in [1.807, 2.05) is 12.1 Å². The maximum atomic E-state index is 13.1. The molecule has 1 N–H and O–H groups in total. The van der Waals surface area contributed by atoms with Gasteiger partial charge in [0.1, 0.15) is 6.61 Å². The van der Waals surface area contributed by atoms with Gasteiger partial charge >= 0.3 is 0 Å². The van der Waals surface area contributed by atoms with Crippen LogP contribution >= 0.6 is 11.6 Å². The number of nitrogens with one attached hydrogen (secondary N) is 1. The summed E-state index contributed by atoms with van der Waals surface area (Å²) in [7, 11) is 1.58. The molecular formula is C29H30ClNO4. The molecule has 35 heavy (non-hydrogen) atoms. The Kier molecular flexibility index (Phi) is 6.45. The van der Waals surface area contributed by atoms with Crippen molar-refractivity contribution in [2.45, 2.75) is 64.9 Å². The average Bonchev–Trinajstić information content (AvgIpc) is 2.81. The first-order valence-corrected chi connectivity index (χ1v) is 12.6. The largest absolute Gasteiger partial charge is 0.493 e. The van der Waals surface area contributed by atoms with E-state index in [0.29, 0.717) is 47.1 Å². The maximum absolute atomic E-state index is 13.1. The van der Waals surface area contributed by atoms with Gasteiger partial charge in [0.15, 0.2) is 23.1 Å². The predicted octanol–water partition coefficient (Wildman–Crippen LogP) is 6.25. The lowest BCUT2D eigenvalue weighted by Crippen LogP contribution is -2.36. The summed E-state index contributed by atoms with van der Waals surface area (Å²) in [5.41, 5.74) is 7.48. The fraction of sp³-hybridized carbons (Fsp3) is 0.379. The number of ketones is 2. The topological polar surface area (TPSA) is 64.6 Å². The summed E-state index contributed by atoms with van der Waals surface area (Å²) in [5, 5.41) is 3.85. The Hall–Kier alpha value is -3.05. The standard InChI is InChI=1S/C29H30ClNO4/c1-16-10-17(2)12-18(11-16)15-35-29-20(30)13-19(14-25(29)34-3)26-27-21(6-4-8-23(27)32)31-22-7-5-9-24(33)28(22)26/h10-14,26,31H,4-9,15H2,1-3H3. The Bertz CT molecular complexity index is 1230. The molecule has 1 heterocycles. The molecule has 0 amide bonds. The van der Waals surface area contributed by atoms with Crippen LogP contribution in [0.4, 0.5) is 0 Å². The number of hydrogen-bond donors (Lipinski definition) is 1. The zero-order valence-corrected chi connectivity index (χ0v) is 21.2. The van der Waals surface area contributed by atoms with Crippen molar-refractivity contribution in [3.8, 4) is 11.5 Å². The summed E-state index contributed by atoms with van der Waals surface area (Å²) in [5.74, 6) is 0.713. The number of carbonyl (C=O) groups is 2. The van der Waals surface area contributed by atoms with Crippen LogP contribution in [0.3, 0.4) is 0 Å². The molecule has 0 unspecified atom stereocenters. The van der Waals surface area contributed by atoms with Crippen molar-refractivity contribution >= 4 is 23.2 Å². The lowest BCUT2D eigenvalue weighted by atomic mass is 9.71. The summed E-state index contributed by atoms with van der Waals surface area (Å²) in [6.45, 7) is 4.47. The van der Waals surface area contributed by atoms with E-state index in [-0.39, 0.29) is 11.6 Å². The second-order valence-corrected chi connectivity index (χ2v) is 10.1. The molecule has 1 aliphatic heterocycles. The molecule has 0 fully saturated rings. The van der Waals surface area contributed by atoms with Crippen LogP contribution in [0.25, 0.3) is 0 Å². The smallest absolute Gasteiger partial charge is 0.180 e. The molecule has 0 spiro atoms. The number of hydrogen-bond acceptors (Lipinski definition) is 5. The lowest BCUT2D eigenvalue weighted by molar-refractivity contribution is -0.116. The zero-order chi connectivity index (χ0) is 24.7. The zero-order valence-electron chi connectivity index (χ0n) is 20.4. The van der Waals surface area contributed by atoms with Gasteiger partial charge in [-0.3, -0.25) is 9.59 Å². The van der Waals surface area contributed by atoms with Gasteiger partial charge in [0.2, 0.25) is 0 Å². The van der Waals surface area contributed by atoms with Crippen molar-refractivity contribution in [3.63, 3.8) is 0 Å². The van der Waals surface area contributed by atoms with E-state index in [1.54, 1.807) is 7.11 Å². The third-order valence-electron chi connectivity index (χ3n) is 7.04. The van der Waals surface area contributed by atoms with Crippen molar-refractivity contribution in [2.75, 3.05) is 7.11 Å². The van der Waals surface area contributed by atoms with Crippen LogP contribution in [0.5, 0.6) is 11.5 Å². The Balaban J connectivity index is 1.55. The van der Waals surface area contributed by atoms with E-state index in [0.717, 1.165) is 48.2 Å². The van der Waals surface area contributed by atoms with E-state index in [2.05, 4.69) is 37.4 Å². The third-order valence-corrected chi connectivity index (χ3v) is 7.32. The highest BCUT2D eigenvalue weighted by Gasteiger charge is 2.40. The summed E-state index contributed by atoms with van der Waals surface area (Å²) in [6, 6.07) is 9.99. The van der Waals surface area contributed by atoms with Gasteiger partial charge < -0.3 is 14.8 Å². The number of benzene rings is 2. The minimum absolute atomic E-state index is 0.0962. The molecule has 2 aromatic carbocycles. The van der Waals surface area contributed by atoms with Crippen LogP contribution < -0.4 is 14.8 Å². The summed E-state index contributed by atoms with van der Waals surface area (Å²) >= 11 is 6.76. The summed E-state index contributed by atoms with van der Waals surface area (Å²) in [4.78, 5) is 26.2. The fourth-order valence-corrected chi connectivity index (χ4v) is 5.94. The highest BCUT2D eigenvalue weighted by molar-refractivity contribution is 6.32. The Morgan fingerprint density at radius 2 is 1.49 bits per heavy atom. The minimum atomic E-state index is -0.429. The molecule has 0 saturated carbocycles. The van der Waals surface area contributed by atoms with Gasteiger partial charge in [0, 0.05) is 41.3 Å². The van der Waals surface area contributed by atoms with Crippen molar-refractivity contribution in [2.24, 2.45) is 0 Å². The first kappa shape index (κ1) is 23.7. The fourth-order valence-electron chi connectivity index (χ4n) is 5.67. The summed E-state index contributed by atoms with van der Waals surface area (Å²) in [6.07, 6.45) is 4.26. The molecule has 0 radical (unpaired) electrons. The average molecular weight is 492 g/mol. The van der Waals surface area contributed by atoms with Crippen LogP contribution in [0.2, 0.25) is 5.02 Å². The minimum Gasteiger partial charge on any atom is -0.493 e. The van der Waals surface area contributed by atoms with E-state index in [4.69, 9.17) is 21.1 Å². The molecule has 6 heteroatoms. The first-order chi connectivity index (χ1) is 16.9. The second kappa shape index (κ2) is 9.54. The van der Waals surface area contributed by atoms with Crippen LogP contribution in [-0.2, 0) is 16.2 Å². The van der Waals surface area contributed by atoms with Gasteiger partial charge in [-0.25, -0.2) is 0 Å². The maximum Gasteiger partial charge on any atom is 0.180 e. The molecule has 2 aliphatic carbocycles. The molecule has 0 bridgehead atoms. The molecule has 0 saturated heterocycles. The quantitative estimate of drug-likeness (QED) is 0.536. The Labute approximate surface area is 211 Å². The van der Waals surface area contributed by atoms with Crippen molar-refractivity contribution < 1.29 is 19.1 Å². The van der Waals surface area contributed by atoms with Crippen LogP contribution in [-0.4, -0.2) is 18.7 Å². The molecule has 5 rings (SSSR count). The van der Waals surface area contributed by atoms with E-state index < -0.39 is 5.92 Å². The van der Waals surface area contributed by atoms with E-state index in [9.17, 15) is 9.59 Å². The molecule has 182 valence electrons. The number of methoxy groups -OCH3 is 1. The normalized spacial score (nSPS) is 18.3. The van der Waals surface area contributed by atoms with Crippen LogP contribution in [0.1, 0.15) is 66.7 Å². The summed E-state index contributed by atoms with van der Waals surface area (Å²) < 4.78 is 11.8. The van der Waals surface area contributed by atoms with Gasteiger partial charge in [-0.15, -0.1) is 0 Å². The number of Topliss-reactive ketones (excluding diaryl/α,β-unsaturated/α-hetero) is 2. The Morgan fingerprint density at radius 1 is 0.886 bits per heavy atom. The van der Waals surface area contributed by atoms with Gasteiger partial charge in [0.05, 0.1) is 12.1 Å². The number of dihydropyridines is 1. The van der Waals surface area contributed by atoms with Gasteiger partial charge in [0.25, 0.3) is 0 Å². The van der Waals surface area contributed by atoms with Gasteiger partial charge in [-0.05, 0) is 62.8 Å². The molecular weight excluding hydrogens is 462 g/mol. The number of halogens is 1. The number of allylic oxidation sites excluding steroid dienone is 4. The molecule has 0 atom stereocenters. The molecule has 2 aromatic rings. The lowest BCUT2D eigenvalue weighted by Gasteiger charge is -2.37. The SMILES string of the molecule is COc1cc(C2C3=C(CCCC3=O)NC3=C2C(=O)CCC3)cc(Cl)c1OCc1cc(C)cc(C)c1. The van der Waals surface area contributed by atoms with E-state index >= 15 is 0 Å². The number of aryl methyl sites for hydroxylation is 2. The monoisotopic (exact) mass is 491 g/mol. The molecule has 0 aromatic heterocycles. The highest BCUT2D eigenvalue weighted by Crippen LogP contribution is 2.48. The third kappa shape index (κ3) is 4.50. The van der Waals surface area contributed by atoms with Crippen LogP contribution in [0.15, 0.2) is 52.9 Å². The van der Waals surface area contributed by atoms with Gasteiger partial charge in [-0.1, -0.05) is 40.9 Å². The molecule has 5 nitrogen and oxygen atoms in total. The Morgan fingerprint density at radius 3 is 2.06 bits per heavy atom.